The molecule has 9 nitrogen and oxygen atoms in total. The van der Waals surface area contributed by atoms with E-state index in [9.17, 15) is 19.7 Å². The van der Waals surface area contributed by atoms with Gasteiger partial charge < -0.3 is 14.0 Å². The van der Waals surface area contributed by atoms with Crippen LogP contribution in [-0.2, 0) is 14.1 Å². The number of piperazine rings is 1. The number of fused-ring (bicyclic) bond motifs is 1. The quantitative estimate of drug-likeness (QED) is 0.428. The number of aryl methyl sites for hydroxylation is 2. The van der Waals surface area contributed by atoms with E-state index in [0.29, 0.717) is 36.4 Å². The first-order valence-electron chi connectivity index (χ1n) is 11.9. The van der Waals surface area contributed by atoms with E-state index in [-0.39, 0.29) is 29.2 Å². The zero-order chi connectivity index (χ0) is 26.3. The fourth-order valence-corrected chi connectivity index (χ4v) is 5.17. The third-order valence-electron chi connectivity index (χ3n) is 6.96. The molecule has 0 N–H and O–H groups in total. The van der Waals surface area contributed by atoms with Crippen molar-refractivity contribution in [3.8, 4) is 12.1 Å². The normalized spacial score (nSPS) is 16.9. The van der Waals surface area contributed by atoms with E-state index in [2.05, 4.69) is 33.9 Å². The van der Waals surface area contributed by atoms with E-state index in [4.69, 9.17) is 0 Å². The van der Waals surface area contributed by atoms with E-state index < -0.39 is 5.56 Å². The van der Waals surface area contributed by atoms with Crippen molar-refractivity contribution in [1.82, 2.24) is 24.0 Å². The van der Waals surface area contributed by atoms with Gasteiger partial charge in [-0.1, -0.05) is 12.1 Å². The second kappa shape index (κ2) is 9.49. The number of aromatic nitrogens is 4. The summed E-state index contributed by atoms with van der Waals surface area (Å²) in [6.07, 6.45) is 3.71. The van der Waals surface area contributed by atoms with Gasteiger partial charge in [0.25, 0.3) is 5.56 Å². The highest BCUT2D eigenvalue weighted by molar-refractivity contribution is 5.92. The molecule has 1 fully saturated rings. The van der Waals surface area contributed by atoms with Crippen LogP contribution in [0.4, 0.5) is 10.1 Å². The minimum atomic E-state index is -0.399. The maximum absolute atomic E-state index is 13.7. The molecule has 1 aliphatic heterocycles. The molecule has 1 aliphatic rings. The third-order valence-corrected chi connectivity index (χ3v) is 6.96. The van der Waals surface area contributed by atoms with Crippen molar-refractivity contribution in [2.45, 2.75) is 19.0 Å². The van der Waals surface area contributed by atoms with Crippen LogP contribution in [0.5, 0.6) is 0 Å². The Balaban J connectivity index is 1.56. The molecule has 0 aliphatic carbocycles. The third kappa shape index (κ3) is 4.22. The van der Waals surface area contributed by atoms with E-state index in [0.717, 1.165) is 11.3 Å². The number of halogens is 1. The molecule has 2 atom stereocenters. The van der Waals surface area contributed by atoms with Crippen LogP contribution in [0.3, 0.4) is 0 Å². The summed E-state index contributed by atoms with van der Waals surface area (Å²) in [5.41, 5.74) is 3.09. The summed E-state index contributed by atoms with van der Waals surface area (Å²) in [6, 6.07) is 13.6. The molecule has 5 rings (SSSR count). The smallest absolute Gasteiger partial charge is 0.270 e. The minimum absolute atomic E-state index is 0.0121. The Bertz CT molecular complexity index is 1630. The molecule has 3 aromatic heterocycles. The standard InChI is InChI=1S/C27H25FN8O/c1-17-14-35(26-21(13-30)27(37)34(3)23-9-8-20(12-29)32-24(23)26)10-11-36(17)25(22-15-33(2)16-31-22)18-4-6-19(28)7-5-18/h4-9,15-17,25H,10-11,14H2,1-3H3/t17-,25?/m1/s1. The van der Waals surface area contributed by atoms with E-state index in [1.807, 2.05) is 22.7 Å². The minimum Gasteiger partial charge on any atom is -0.366 e. The molecule has 186 valence electrons. The number of rotatable bonds is 4. The summed E-state index contributed by atoms with van der Waals surface area (Å²) in [5.74, 6) is -0.299. The fraction of sp³-hybridized carbons (Fsp3) is 0.296. The Morgan fingerprint density at radius 3 is 2.46 bits per heavy atom. The number of pyridine rings is 2. The lowest BCUT2D eigenvalue weighted by atomic mass is 9.98. The van der Waals surface area contributed by atoms with Crippen molar-refractivity contribution in [2.75, 3.05) is 24.5 Å². The van der Waals surface area contributed by atoms with Crippen molar-refractivity contribution in [1.29, 1.82) is 10.5 Å². The molecule has 4 aromatic rings. The van der Waals surface area contributed by atoms with Gasteiger partial charge in [0.15, 0.2) is 0 Å². The predicted molar refractivity (Wildman–Crippen MR) is 136 cm³/mol. The number of benzene rings is 1. The fourth-order valence-electron chi connectivity index (χ4n) is 5.17. The Morgan fingerprint density at radius 2 is 1.84 bits per heavy atom. The average Bonchev–Trinajstić information content (AvgIpc) is 3.33. The molecule has 0 bridgehead atoms. The first-order valence-corrected chi connectivity index (χ1v) is 11.9. The average molecular weight is 497 g/mol. The van der Waals surface area contributed by atoms with Gasteiger partial charge in [0, 0.05) is 46.0 Å². The molecule has 1 saturated heterocycles. The lowest BCUT2D eigenvalue weighted by Gasteiger charge is -2.44. The van der Waals surface area contributed by atoms with Gasteiger partial charge in [0.05, 0.1) is 29.3 Å². The van der Waals surface area contributed by atoms with Gasteiger partial charge >= 0.3 is 0 Å². The zero-order valence-electron chi connectivity index (χ0n) is 20.8. The number of nitriles is 2. The van der Waals surface area contributed by atoms with Gasteiger partial charge in [-0.25, -0.2) is 14.4 Å². The van der Waals surface area contributed by atoms with Crippen LogP contribution in [0.1, 0.15) is 35.5 Å². The van der Waals surface area contributed by atoms with Gasteiger partial charge in [-0.15, -0.1) is 0 Å². The van der Waals surface area contributed by atoms with Crippen LogP contribution in [-0.4, -0.2) is 49.7 Å². The summed E-state index contributed by atoms with van der Waals surface area (Å²) in [5, 5.41) is 19.4. The van der Waals surface area contributed by atoms with Gasteiger partial charge in [-0.05, 0) is 36.8 Å². The van der Waals surface area contributed by atoms with Crippen molar-refractivity contribution in [3.05, 3.63) is 87.6 Å². The molecule has 0 amide bonds. The summed E-state index contributed by atoms with van der Waals surface area (Å²) in [7, 11) is 3.51. The van der Waals surface area contributed by atoms with Crippen molar-refractivity contribution in [3.63, 3.8) is 0 Å². The van der Waals surface area contributed by atoms with Crippen LogP contribution in [0.2, 0.25) is 0 Å². The number of hydrogen-bond donors (Lipinski definition) is 0. The highest BCUT2D eigenvalue weighted by Crippen LogP contribution is 2.34. The zero-order valence-corrected chi connectivity index (χ0v) is 20.8. The Hall–Kier alpha value is -4.54. The second-order valence-electron chi connectivity index (χ2n) is 9.33. The van der Waals surface area contributed by atoms with Gasteiger partial charge in [-0.2, -0.15) is 10.5 Å². The Labute approximate surface area is 213 Å². The highest BCUT2D eigenvalue weighted by Gasteiger charge is 2.34. The van der Waals surface area contributed by atoms with Gasteiger partial charge in [0.2, 0.25) is 0 Å². The molecule has 0 spiro atoms. The second-order valence-corrected chi connectivity index (χ2v) is 9.33. The van der Waals surface area contributed by atoms with Gasteiger partial charge in [0.1, 0.15) is 34.7 Å². The maximum Gasteiger partial charge on any atom is 0.270 e. The number of anilines is 1. The summed E-state index contributed by atoms with van der Waals surface area (Å²) in [4.78, 5) is 26.5. The molecule has 4 heterocycles. The van der Waals surface area contributed by atoms with Crippen molar-refractivity contribution < 1.29 is 4.39 Å². The van der Waals surface area contributed by atoms with Crippen molar-refractivity contribution in [2.24, 2.45) is 14.1 Å². The number of nitrogens with zero attached hydrogens (tertiary/aromatic N) is 8. The molecule has 37 heavy (non-hydrogen) atoms. The first kappa shape index (κ1) is 24.2. The summed E-state index contributed by atoms with van der Waals surface area (Å²) >= 11 is 0. The van der Waals surface area contributed by atoms with E-state index in [1.54, 1.807) is 37.6 Å². The molecule has 10 heteroatoms. The predicted octanol–water partition coefficient (Wildman–Crippen LogP) is 2.85. The van der Waals surface area contributed by atoms with E-state index >= 15 is 0 Å². The topological polar surface area (TPSA) is 107 Å². The van der Waals surface area contributed by atoms with Crippen LogP contribution >= 0.6 is 0 Å². The van der Waals surface area contributed by atoms with Gasteiger partial charge in [-0.3, -0.25) is 9.69 Å². The maximum atomic E-state index is 13.7. The first-order chi connectivity index (χ1) is 17.8. The molecule has 0 radical (unpaired) electrons. The van der Waals surface area contributed by atoms with E-state index in [1.165, 1.54) is 16.7 Å². The molecule has 1 aromatic carbocycles. The number of hydrogen-bond acceptors (Lipinski definition) is 7. The monoisotopic (exact) mass is 496 g/mol. The highest BCUT2D eigenvalue weighted by atomic mass is 19.1. The summed E-state index contributed by atoms with van der Waals surface area (Å²) in [6.45, 7) is 3.71. The largest absolute Gasteiger partial charge is 0.366 e. The Kier molecular flexibility index (Phi) is 6.20. The van der Waals surface area contributed by atoms with Crippen LogP contribution in [0, 0.1) is 28.5 Å². The van der Waals surface area contributed by atoms with Crippen LogP contribution < -0.4 is 10.5 Å². The van der Waals surface area contributed by atoms with Crippen molar-refractivity contribution >= 4 is 16.7 Å². The lowest BCUT2D eigenvalue weighted by Crippen LogP contribution is -2.53. The molecule has 0 saturated carbocycles. The van der Waals surface area contributed by atoms with Crippen LogP contribution in [0.25, 0.3) is 11.0 Å². The SMILES string of the molecule is C[C@@H]1CN(c2c(C#N)c(=O)n(C)c3ccc(C#N)nc23)CCN1C(c1ccc(F)cc1)c1cn(C)cn1. The van der Waals surface area contributed by atoms with Crippen LogP contribution in [0.15, 0.2) is 53.7 Å². The molecular formula is C27H25FN8O. The number of imidazole rings is 1. The molecule has 1 unspecified atom stereocenters. The summed E-state index contributed by atoms with van der Waals surface area (Å²) < 4.78 is 17.0. The Morgan fingerprint density at radius 1 is 1.08 bits per heavy atom. The lowest BCUT2D eigenvalue weighted by molar-refractivity contribution is 0.148. The molecular weight excluding hydrogens is 471 g/mol.